The summed E-state index contributed by atoms with van der Waals surface area (Å²) in [5.74, 6) is 0.00676. The van der Waals surface area contributed by atoms with E-state index in [1.807, 2.05) is 19.1 Å². The Kier molecular flexibility index (Phi) is 7.87. The number of halogens is 1. The molecule has 0 bridgehead atoms. The van der Waals surface area contributed by atoms with E-state index in [1.165, 1.54) is 13.3 Å². The number of aromatic nitrogens is 1. The van der Waals surface area contributed by atoms with Crippen molar-refractivity contribution in [2.75, 3.05) is 7.11 Å². The minimum absolute atomic E-state index is 0.00612. The molecule has 1 fully saturated rings. The number of nitrogens with zero attached hydrogens (tertiary/aromatic N) is 1. The first-order valence-electron chi connectivity index (χ1n) is 14.1. The average Bonchev–Trinajstić information content (AvgIpc) is 3.76. The van der Waals surface area contributed by atoms with E-state index in [-0.39, 0.29) is 17.6 Å². The van der Waals surface area contributed by atoms with Gasteiger partial charge in [0.15, 0.2) is 0 Å². The Morgan fingerprint density at radius 3 is 2.60 bits per heavy atom. The lowest BCUT2D eigenvalue weighted by Gasteiger charge is -2.29. The Morgan fingerprint density at radius 2 is 1.93 bits per heavy atom. The highest BCUT2D eigenvalue weighted by Gasteiger charge is 2.39. The van der Waals surface area contributed by atoms with Crippen molar-refractivity contribution in [3.8, 4) is 22.8 Å². The molecule has 1 aromatic heterocycles. The number of carbonyl (C=O) groups is 1. The molecule has 5 rings (SSSR count). The van der Waals surface area contributed by atoms with E-state index in [9.17, 15) is 14.3 Å². The van der Waals surface area contributed by atoms with Crippen molar-refractivity contribution in [3.63, 3.8) is 0 Å². The molecule has 0 saturated heterocycles. The van der Waals surface area contributed by atoms with Crippen LogP contribution >= 0.6 is 0 Å². The van der Waals surface area contributed by atoms with Gasteiger partial charge >= 0.3 is 5.97 Å². The summed E-state index contributed by atoms with van der Waals surface area (Å²) in [5, 5.41) is 13.3. The smallest absolute Gasteiger partial charge is 0.306 e. The minimum atomic E-state index is -0.756. The number of ether oxygens (including phenoxy) is 2. The predicted molar refractivity (Wildman–Crippen MR) is 153 cm³/mol. The largest absolute Gasteiger partial charge is 0.485 e. The second kappa shape index (κ2) is 11.2. The zero-order valence-electron chi connectivity index (χ0n) is 24.0. The van der Waals surface area contributed by atoms with Gasteiger partial charge in [0, 0.05) is 23.7 Å². The number of benzene rings is 2. The van der Waals surface area contributed by atoms with Crippen LogP contribution in [0.5, 0.6) is 11.6 Å². The summed E-state index contributed by atoms with van der Waals surface area (Å²) < 4.78 is 26.8. The Morgan fingerprint density at radius 1 is 1.15 bits per heavy atom. The Bertz CT molecular complexity index is 1400. The van der Waals surface area contributed by atoms with Gasteiger partial charge in [0.1, 0.15) is 17.7 Å². The van der Waals surface area contributed by atoms with Gasteiger partial charge in [-0.2, -0.15) is 0 Å². The first-order chi connectivity index (χ1) is 19.0. The highest BCUT2D eigenvalue weighted by Crippen LogP contribution is 2.48. The van der Waals surface area contributed by atoms with Crippen LogP contribution in [0.15, 0.2) is 48.7 Å². The topological polar surface area (TPSA) is 80.7 Å². The maximum Gasteiger partial charge on any atom is 0.306 e. The van der Waals surface area contributed by atoms with E-state index in [1.54, 1.807) is 6.07 Å². The first kappa shape index (κ1) is 28.1. The molecule has 2 aromatic carbocycles. The van der Waals surface area contributed by atoms with Crippen molar-refractivity contribution in [3.05, 3.63) is 76.7 Å². The van der Waals surface area contributed by atoms with Gasteiger partial charge < -0.3 is 19.9 Å². The third kappa shape index (κ3) is 6.15. The minimum Gasteiger partial charge on any atom is -0.485 e. The highest BCUT2D eigenvalue weighted by molar-refractivity contribution is 5.71. The summed E-state index contributed by atoms with van der Waals surface area (Å²) in [6.45, 7) is 8.67. The van der Waals surface area contributed by atoms with Crippen molar-refractivity contribution in [2.45, 2.75) is 77.5 Å². The molecule has 2 N–H and O–H groups in total. The van der Waals surface area contributed by atoms with Gasteiger partial charge in [0.25, 0.3) is 0 Å². The monoisotopic (exact) mass is 546 g/mol. The third-order valence-corrected chi connectivity index (χ3v) is 8.12. The van der Waals surface area contributed by atoms with Crippen LogP contribution in [0, 0.1) is 17.7 Å². The van der Waals surface area contributed by atoms with Crippen LogP contribution in [0.1, 0.15) is 81.2 Å². The fourth-order valence-electron chi connectivity index (χ4n) is 5.73. The maximum absolute atomic E-state index is 14.9. The first-order valence-corrected chi connectivity index (χ1v) is 14.1. The average molecular weight is 547 g/mol. The zero-order chi connectivity index (χ0) is 28.6. The highest BCUT2D eigenvalue weighted by atomic mass is 19.1. The van der Waals surface area contributed by atoms with Crippen LogP contribution in [-0.4, -0.2) is 28.7 Å². The van der Waals surface area contributed by atoms with Gasteiger partial charge in [-0.15, -0.1) is 0 Å². The fourth-order valence-corrected chi connectivity index (χ4v) is 5.73. The second-order valence-corrected chi connectivity index (χ2v) is 12.2. The quantitative estimate of drug-likeness (QED) is 0.299. The molecule has 0 radical (unpaired) electrons. The SMILES string of the molecule is COc1cc(-c2ccc([C@@H]3CCc4ccc([C@H](C5CC5)[C@H](C)C(=O)O)cc4O3)cc2CNC(C)(C)C)c(F)cn1. The van der Waals surface area contributed by atoms with E-state index in [2.05, 4.69) is 55.3 Å². The van der Waals surface area contributed by atoms with Crippen LogP contribution in [0.2, 0.25) is 0 Å². The number of pyridine rings is 1. The Balaban J connectivity index is 1.46. The molecule has 6 nitrogen and oxygen atoms in total. The molecule has 1 aliphatic carbocycles. The standard InChI is InChI=1S/C33H39FN2O4/c1-19(32(37)38)31(21-7-8-21)23-9-6-20-11-13-28(40-29(20)15-23)22-10-12-25(24(14-22)17-36-33(2,3)4)26-16-30(39-5)35-18-27(26)34/h6,9-10,12,14-16,18-19,21,28,31,36H,7-8,11,13,17H2,1-5H3,(H,37,38)/t19-,28-,31-/m0/s1. The summed E-state index contributed by atoms with van der Waals surface area (Å²) in [6, 6.07) is 14.0. The molecule has 7 heteroatoms. The Labute approximate surface area is 235 Å². The molecular weight excluding hydrogens is 507 g/mol. The number of carboxylic acids is 1. The summed E-state index contributed by atoms with van der Waals surface area (Å²) in [4.78, 5) is 15.8. The molecule has 0 amide bonds. The molecule has 0 spiro atoms. The molecule has 3 aromatic rings. The third-order valence-electron chi connectivity index (χ3n) is 8.12. The van der Waals surface area contributed by atoms with Gasteiger partial charge in [-0.1, -0.05) is 37.3 Å². The van der Waals surface area contributed by atoms with Gasteiger partial charge in [0.2, 0.25) is 5.88 Å². The van der Waals surface area contributed by atoms with Crippen LogP contribution in [0.3, 0.4) is 0 Å². The number of hydrogen-bond donors (Lipinski definition) is 2. The molecule has 2 aliphatic rings. The van der Waals surface area contributed by atoms with E-state index in [4.69, 9.17) is 9.47 Å². The van der Waals surface area contributed by atoms with Crippen LogP contribution < -0.4 is 14.8 Å². The van der Waals surface area contributed by atoms with E-state index in [0.29, 0.717) is 23.9 Å². The van der Waals surface area contributed by atoms with E-state index >= 15 is 0 Å². The number of fused-ring (bicyclic) bond motifs is 1. The molecule has 40 heavy (non-hydrogen) atoms. The molecule has 3 atom stereocenters. The fraction of sp³-hybridized carbons (Fsp3) is 0.455. The lowest BCUT2D eigenvalue weighted by atomic mass is 9.82. The van der Waals surface area contributed by atoms with Crippen molar-refractivity contribution in [1.82, 2.24) is 10.3 Å². The number of methoxy groups -OCH3 is 1. The number of aliphatic carboxylic acids is 1. The number of nitrogens with one attached hydrogen (secondary N) is 1. The normalized spacial score (nSPS) is 18.4. The van der Waals surface area contributed by atoms with Crippen molar-refractivity contribution in [1.29, 1.82) is 0 Å². The van der Waals surface area contributed by atoms with Gasteiger partial charge in [-0.05, 0) is 92.2 Å². The molecule has 212 valence electrons. The summed E-state index contributed by atoms with van der Waals surface area (Å²) in [6.07, 6.45) is 4.89. The maximum atomic E-state index is 14.9. The molecule has 2 heterocycles. The number of carboxylic acid groups (broad SMARTS) is 1. The van der Waals surface area contributed by atoms with Crippen LogP contribution in [0.25, 0.3) is 11.1 Å². The van der Waals surface area contributed by atoms with Gasteiger partial charge in [-0.25, -0.2) is 9.37 Å². The molecule has 0 unspecified atom stereocenters. The summed E-state index contributed by atoms with van der Waals surface area (Å²) in [7, 11) is 1.52. The molecule has 1 aliphatic heterocycles. The van der Waals surface area contributed by atoms with E-state index in [0.717, 1.165) is 59.3 Å². The molecular formula is C33H39FN2O4. The second-order valence-electron chi connectivity index (χ2n) is 12.2. The number of rotatable bonds is 9. The lowest BCUT2D eigenvalue weighted by Crippen LogP contribution is -2.35. The Hall–Kier alpha value is -3.45. The van der Waals surface area contributed by atoms with Crippen LogP contribution in [0.4, 0.5) is 4.39 Å². The lowest BCUT2D eigenvalue weighted by molar-refractivity contribution is -0.142. The van der Waals surface area contributed by atoms with Crippen molar-refractivity contribution in [2.24, 2.45) is 11.8 Å². The number of hydrogen-bond acceptors (Lipinski definition) is 5. The van der Waals surface area contributed by atoms with Crippen molar-refractivity contribution < 1.29 is 23.8 Å². The van der Waals surface area contributed by atoms with Crippen LogP contribution in [-0.2, 0) is 17.8 Å². The predicted octanol–water partition coefficient (Wildman–Crippen LogP) is 7.07. The van der Waals surface area contributed by atoms with E-state index < -0.39 is 17.7 Å². The zero-order valence-corrected chi connectivity index (χ0v) is 24.0. The molecule has 1 saturated carbocycles. The van der Waals surface area contributed by atoms with Gasteiger partial charge in [-0.3, -0.25) is 4.79 Å². The summed E-state index contributed by atoms with van der Waals surface area (Å²) >= 11 is 0. The van der Waals surface area contributed by atoms with Crippen molar-refractivity contribution >= 4 is 5.97 Å². The van der Waals surface area contributed by atoms with Gasteiger partial charge in [0.05, 0.1) is 19.2 Å². The number of aryl methyl sites for hydroxylation is 1. The summed E-state index contributed by atoms with van der Waals surface area (Å²) in [5.41, 5.74) is 5.30.